The monoisotopic (exact) mass is 670 g/mol. The molecule has 15 heteroatoms. The Morgan fingerprint density at radius 1 is 0.909 bits per heavy atom. The molecule has 238 valence electrons. The number of sulfone groups is 1. The molecule has 0 aliphatic carbocycles. The van der Waals surface area contributed by atoms with Crippen molar-refractivity contribution < 1.29 is 34.8 Å². The van der Waals surface area contributed by atoms with Crippen molar-refractivity contribution in [3.8, 4) is 0 Å². The van der Waals surface area contributed by atoms with Gasteiger partial charge in [-0.25, -0.2) is 21.6 Å². The number of likely N-dealkylation sites (N-methyl/N-ethyl adjacent to an activating group) is 1. The van der Waals surface area contributed by atoms with E-state index in [-0.39, 0.29) is 11.3 Å². The van der Waals surface area contributed by atoms with Gasteiger partial charge in [-0.05, 0) is 55.9 Å². The average Bonchev–Trinajstić information content (AvgIpc) is 2.99. The third kappa shape index (κ3) is 8.75. The number of amides is 1. The minimum atomic E-state index is -5.99. The van der Waals surface area contributed by atoms with Gasteiger partial charge in [0.15, 0.2) is 0 Å². The molecule has 0 aromatic heterocycles. The summed E-state index contributed by atoms with van der Waals surface area (Å²) in [5, 5.41) is 2.97. The summed E-state index contributed by atoms with van der Waals surface area (Å²) in [6, 6.07) is 18.6. The molecule has 1 aliphatic heterocycles. The van der Waals surface area contributed by atoms with Gasteiger partial charge in [0.05, 0.1) is 10.6 Å². The summed E-state index contributed by atoms with van der Waals surface area (Å²) >= 11 is 1.46. The summed E-state index contributed by atoms with van der Waals surface area (Å²) in [5.74, 6) is -0.619. The zero-order valence-electron chi connectivity index (χ0n) is 23.8. The zero-order chi connectivity index (χ0) is 32.0. The van der Waals surface area contributed by atoms with Crippen LogP contribution in [0.3, 0.4) is 0 Å². The number of anilines is 1. The first-order chi connectivity index (χ1) is 20.8. The average molecular weight is 671 g/mol. The van der Waals surface area contributed by atoms with Gasteiger partial charge in [-0.1, -0.05) is 36.4 Å². The largest absolute Gasteiger partial charge is 0.501 e. The number of alkyl halides is 3. The van der Waals surface area contributed by atoms with Crippen LogP contribution in [-0.2, 0) is 19.9 Å². The third-order valence-corrected chi connectivity index (χ3v) is 11.1. The lowest BCUT2D eigenvalue weighted by molar-refractivity contribution is -0.0435. The van der Waals surface area contributed by atoms with Crippen LogP contribution in [0.4, 0.5) is 18.9 Å². The summed E-state index contributed by atoms with van der Waals surface area (Å²) in [6.07, 6.45) is 0.488. The highest BCUT2D eigenvalue weighted by atomic mass is 32.2. The zero-order valence-corrected chi connectivity index (χ0v) is 26.3. The van der Waals surface area contributed by atoms with Crippen LogP contribution >= 0.6 is 11.8 Å². The fraction of sp³-hybridized carbons (Fsp3) is 0.345. The number of sulfonamides is 1. The van der Waals surface area contributed by atoms with Crippen molar-refractivity contribution >= 4 is 43.2 Å². The Morgan fingerprint density at radius 3 is 2.14 bits per heavy atom. The maximum absolute atomic E-state index is 13.8. The number of hydrogen-bond donors (Lipinski definition) is 2. The molecule has 0 saturated carbocycles. The number of carbonyl (C=O) groups excluding carboxylic acids is 1. The number of benzene rings is 3. The lowest BCUT2D eigenvalue weighted by Crippen LogP contribution is -2.45. The molecule has 3 aromatic carbocycles. The molecule has 1 aliphatic rings. The molecule has 0 radical (unpaired) electrons. The van der Waals surface area contributed by atoms with Crippen LogP contribution in [0.5, 0.6) is 0 Å². The van der Waals surface area contributed by atoms with E-state index in [2.05, 4.69) is 15.1 Å². The molecule has 0 spiro atoms. The number of nitrogens with zero attached hydrogens (tertiary/aromatic N) is 2. The van der Waals surface area contributed by atoms with Crippen LogP contribution < -0.4 is 10.0 Å². The van der Waals surface area contributed by atoms with Crippen molar-refractivity contribution in [1.82, 2.24) is 14.5 Å². The third-order valence-electron chi connectivity index (χ3n) is 7.06. The Kier molecular flexibility index (Phi) is 11.0. The molecule has 1 heterocycles. The van der Waals surface area contributed by atoms with E-state index >= 15 is 0 Å². The number of rotatable bonds is 12. The van der Waals surface area contributed by atoms with Crippen molar-refractivity contribution in [3.63, 3.8) is 0 Å². The van der Waals surface area contributed by atoms with Crippen LogP contribution in [0.2, 0.25) is 0 Å². The molecule has 3 aromatic rings. The SMILES string of the molecule is CN1CCN(CCC(CSc2ccccc2)Nc2ccc(S(=O)(=O)NC(=O)c3ccccc3)cc2S(=O)(=O)C(F)(F)F)CC1. The maximum Gasteiger partial charge on any atom is 0.501 e. The van der Waals surface area contributed by atoms with Crippen molar-refractivity contribution in [2.75, 3.05) is 50.8 Å². The lowest BCUT2D eigenvalue weighted by atomic mass is 10.2. The Morgan fingerprint density at radius 2 is 1.52 bits per heavy atom. The van der Waals surface area contributed by atoms with Gasteiger partial charge < -0.3 is 15.1 Å². The predicted molar refractivity (Wildman–Crippen MR) is 164 cm³/mol. The molecule has 1 saturated heterocycles. The van der Waals surface area contributed by atoms with Gasteiger partial charge in [-0.3, -0.25) is 4.79 Å². The van der Waals surface area contributed by atoms with Crippen LogP contribution in [0.1, 0.15) is 16.8 Å². The van der Waals surface area contributed by atoms with Crippen LogP contribution in [0.25, 0.3) is 0 Å². The highest BCUT2D eigenvalue weighted by Crippen LogP contribution is 2.36. The minimum Gasteiger partial charge on any atom is -0.380 e. The van der Waals surface area contributed by atoms with Gasteiger partial charge in [0.2, 0.25) is 0 Å². The molecule has 1 atom stereocenters. The number of piperazine rings is 1. The molecule has 2 N–H and O–H groups in total. The van der Waals surface area contributed by atoms with Crippen molar-refractivity contribution in [2.45, 2.75) is 32.7 Å². The second-order valence-electron chi connectivity index (χ2n) is 10.3. The van der Waals surface area contributed by atoms with Gasteiger partial charge >= 0.3 is 5.51 Å². The fourth-order valence-electron chi connectivity index (χ4n) is 4.51. The highest BCUT2D eigenvalue weighted by Gasteiger charge is 2.48. The lowest BCUT2D eigenvalue weighted by Gasteiger charge is -2.33. The van der Waals surface area contributed by atoms with Crippen LogP contribution in [-0.4, -0.2) is 89.6 Å². The number of carbonyl (C=O) groups is 1. The van der Waals surface area contributed by atoms with Gasteiger partial charge in [0, 0.05) is 55.0 Å². The molecule has 1 fully saturated rings. The summed E-state index contributed by atoms with van der Waals surface area (Å²) in [5.41, 5.74) is -6.09. The molecule has 9 nitrogen and oxygen atoms in total. The number of thioether (sulfide) groups is 1. The number of hydrogen-bond acceptors (Lipinski definition) is 9. The first kappa shape index (κ1) is 33.8. The summed E-state index contributed by atoms with van der Waals surface area (Å²) in [7, 11) is -8.69. The quantitative estimate of drug-likeness (QED) is 0.272. The Hall–Kier alpha value is -3.11. The molecule has 44 heavy (non-hydrogen) atoms. The minimum absolute atomic E-state index is 0.00314. The number of nitrogens with one attached hydrogen (secondary N) is 2. The second-order valence-corrected chi connectivity index (χ2v) is 15.0. The van der Waals surface area contributed by atoms with Crippen LogP contribution in [0, 0.1) is 0 Å². The number of halogens is 3. The van der Waals surface area contributed by atoms with Crippen molar-refractivity contribution in [1.29, 1.82) is 0 Å². The van der Waals surface area contributed by atoms with Gasteiger partial charge in [0.25, 0.3) is 25.8 Å². The molecular formula is C29H33F3N4O5S3. The summed E-state index contributed by atoms with van der Waals surface area (Å²) in [4.78, 5) is 15.8. The van der Waals surface area contributed by atoms with E-state index in [0.717, 1.165) is 43.2 Å². The first-order valence-corrected chi connectivity index (χ1v) is 17.6. The van der Waals surface area contributed by atoms with Gasteiger partial charge in [0.1, 0.15) is 4.90 Å². The summed E-state index contributed by atoms with van der Waals surface area (Å²) in [6.45, 7) is 4.03. The van der Waals surface area contributed by atoms with E-state index in [1.54, 1.807) is 10.8 Å². The molecular weight excluding hydrogens is 638 g/mol. The van der Waals surface area contributed by atoms with Crippen molar-refractivity contribution in [2.24, 2.45) is 0 Å². The van der Waals surface area contributed by atoms with Gasteiger partial charge in [-0.15, -0.1) is 11.8 Å². The standard InChI is InChI=1S/C29H33F3N4O5S3/c1-35-16-18-36(19-17-35)15-14-23(21-42-24-10-6-3-7-11-24)33-26-13-12-25(20-27(26)43(38,39)29(30,31)32)44(40,41)34-28(37)22-8-4-2-5-9-22/h2-13,20,23,33H,14-19,21H2,1H3,(H,34,37). The van der Waals surface area contributed by atoms with E-state index in [1.807, 2.05) is 37.4 Å². The molecule has 1 amide bonds. The fourth-order valence-corrected chi connectivity index (χ4v) is 7.52. The maximum atomic E-state index is 13.8. The van der Waals surface area contributed by atoms with E-state index in [9.17, 15) is 34.8 Å². The second kappa shape index (κ2) is 14.3. The summed E-state index contributed by atoms with van der Waals surface area (Å²) < 4.78 is 94.8. The van der Waals surface area contributed by atoms with Crippen LogP contribution in [0.15, 0.2) is 93.5 Å². The Bertz CT molecular complexity index is 1630. The van der Waals surface area contributed by atoms with E-state index in [1.165, 1.54) is 36.0 Å². The Balaban J connectivity index is 1.64. The first-order valence-electron chi connectivity index (χ1n) is 13.7. The van der Waals surface area contributed by atoms with Gasteiger partial charge in [-0.2, -0.15) is 13.2 Å². The van der Waals surface area contributed by atoms with E-state index in [0.29, 0.717) is 24.8 Å². The molecule has 4 rings (SSSR count). The Labute approximate surface area is 259 Å². The molecule has 1 unspecified atom stereocenters. The van der Waals surface area contributed by atoms with Crippen molar-refractivity contribution in [3.05, 3.63) is 84.4 Å². The smallest absolute Gasteiger partial charge is 0.380 e. The normalized spacial score (nSPS) is 15.9. The van der Waals surface area contributed by atoms with E-state index in [4.69, 9.17) is 0 Å². The predicted octanol–water partition coefficient (Wildman–Crippen LogP) is 4.31. The topological polar surface area (TPSA) is 116 Å². The van der Waals surface area contributed by atoms with E-state index < -0.39 is 47.1 Å². The molecule has 0 bridgehead atoms. The highest BCUT2D eigenvalue weighted by molar-refractivity contribution is 7.99.